The number of aryl methyl sites for hydroxylation is 1. The molecule has 0 amide bonds. The van der Waals surface area contributed by atoms with Crippen molar-refractivity contribution in [2.45, 2.75) is 32.6 Å². The lowest BCUT2D eigenvalue weighted by molar-refractivity contribution is 0.296. The molecule has 19 heavy (non-hydrogen) atoms. The Balaban J connectivity index is 1.85. The van der Waals surface area contributed by atoms with Gasteiger partial charge in [-0.15, -0.1) is 0 Å². The summed E-state index contributed by atoms with van der Waals surface area (Å²) in [5.74, 6) is 0.720. The second-order valence-electron chi connectivity index (χ2n) is 5.14. The van der Waals surface area contributed by atoms with E-state index in [0.29, 0.717) is 5.56 Å². The Hall–Kier alpha value is -1.60. The molecule has 2 rings (SSSR count). The molecule has 2 heterocycles. The van der Waals surface area contributed by atoms with E-state index in [2.05, 4.69) is 21.3 Å². The highest BCUT2D eigenvalue weighted by Crippen LogP contribution is 2.12. The highest BCUT2D eigenvalue weighted by Gasteiger charge is 2.09. The van der Waals surface area contributed by atoms with Crippen LogP contribution in [0.5, 0.6) is 0 Å². The van der Waals surface area contributed by atoms with Crippen molar-refractivity contribution in [3.63, 3.8) is 0 Å². The first kappa shape index (κ1) is 13.8. The topological polar surface area (TPSA) is 52.0 Å². The maximum Gasteiger partial charge on any atom is 0.144 e. The number of nitriles is 1. The van der Waals surface area contributed by atoms with Gasteiger partial charge in [-0.05, 0) is 45.0 Å². The number of hydrogen-bond donors (Lipinski definition) is 1. The van der Waals surface area contributed by atoms with Gasteiger partial charge >= 0.3 is 0 Å². The highest BCUT2D eigenvalue weighted by atomic mass is 15.1. The second-order valence-corrected chi connectivity index (χ2v) is 5.14. The number of anilines is 1. The fraction of sp³-hybridized carbons (Fsp3) is 0.600. The predicted molar refractivity (Wildman–Crippen MR) is 77.1 cm³/mol. The first-order valence-corrected chi connectivity index (χ1v) is 7.13. The largest absolute Gasteiger partial charge is 0.368 e. The summed E-state index contributed by atoms with van der Waals surface area (Å²) in [4.78, 5) is 6.89. The average Bonchev–Trinajstić information content (AvgIpc) is 2.68. The van der Waals surface area contributed by atoms with Crippen LogP contribution in [0.25, 0.3) is 0 Å². The number of rotatable bonds is 4. The molecule has 0 aliphatic carbocycles. The van der Waals surface area contributed by atoms with Crippen molar-refractivity contribution in [2.24, 2.45) is 0 Å². The number of aromatic nitrogens is 1. The fourth-order valence-electron chi connectivity index (χ4n) is 2.47. The van der Waals surface area contributed by atoms with Gasteiger partial charge in [0.05, 0.1) is 5.56 Å². The van der Waals surface area contributed by atoms with Crippen LogP contribution in [-0.2, 0) is 0 Å². The van der Waals surface area contributed by atoms with E-state index in [1.807, 2.05) is 19.1 Å². The molecule has 1 aromatic rings. The number of hydrogen-bond acceptors (Lipinski definition) is 4. The van der Waals surface area contributed by atoms with E-state index in [1.54, 1.807) is 0 Å². The molecule has 0 saturated carbocycles. The third-order valence-electron chi connectivity index (χ3n) is 3.57. The number of nitrogens with zero attached hydrogens (tertiary/aromatic N) is 3. The van der Waals surface area contributed by atoms with Crippen LogP contribution in [0.3, 0.4) is 0 Å². The summed E-state index contributed by atoms with van der Waals surface area (Å²) < 4.78 is 0. The quantitative estimate of drug-likeness (QED) is 0.901. The molecule has 4 nitrogen and oxygen atoms in total. The van der Waals surface area contributed by atoms with Crippen molar-refractivity contribution < 1.29 is 0 Å². The lowest BCUT2D eigenvalue weighted by atomic mass is 10.2. The summed E-state index contributed by atoms with van der Waals surface area (Å²) >= 11 is 0. The molecule has 1 aliphatic heterocycles. The average molecular weight is 258 g/mol. The summed E-state index contributed by atoms with van der Waals surface area (Å²) in [6.07, 6.45) is 5.35. The van der Waals surface area contributed by atoms with Crippen molar-refractivity contribution in [1.82, 2.24) is 9.88 Å². The summed E-state index contributed by atoms with van der Waals surface area (Å²) in [6, 6.07) is 5.89. The van der Waals surface area contributed by atoms with Crippen LogP contribution in [0.1, 0.15) is 36.9 Å². The normalized spacial score (nSPS) is 16.6. The van der Waals surface area contributed by atoms with Crippen LogP contribution >= 0.6 is 0 Å². The molecule has 0 spiro atoms. The summed E-state index contributed by atoms with van der Waals surface area (Å²) in [6.45, 7) is 6.23. The predicted octanol–water partition coefficient (Wildman–Crippen LogP) is 2.55. The van der Waals surface area contributed by atoms with E-state index in [-0.39, 0.29) is 0 Å². The van der Waals surface area contributed by atoms with E-state index in [4.69, 9.17) is 5.26 Å². The Bertz CT molecular complexity index is 442. The van der Waals surface area contributed by atoms with Gasteiger partial charge in [0.15, 0.2) is 0 Å². The molecule has 1 saturated heterocycles. The number of pyridine rings is 1. The Labute approximate surface area is 115 Å². The summed E-state index contributed by atoms with van der Waals surface area (Å²) in [5.41, 5.74) is 1.57. The Kier molecular flexibility index (Phi) is 5.17. The van der Waals surface area contributed by atoms with Crippen LogP contribution in [-0.4, -0.2) is 36.1 Å². The molecule has 0 radical (unpaired) electrons. The Morgan fingerprint density at radius 3 is 2.68 bits per heavy atom. The van der Waals surface area contributed by atoms with Gasteiger partial charge < -0.3 is 10.2 Å². The SMILES string of the molecule is Cc1ccc(C#N)c(NCCN2CCCCCC2)n1. The molecule has 0 bridgehead atoms. The maximum atomic E-state index is 9.05. The van der Waals surface area contributed by atoms with Gasteiger partial charge in [-0.3, -0.25) is 0 Å². The van der Waals surface area contributed by atoms with E-state index in [9.17, 15) is 0 Å². The second kappa shape index (κ2) is 7.10. The standard InChI is InChI=1S/C15H22N4/c1-13-6-7-14(12-16)15(18-13)17-8-11-19-9-4-2-3-5-10-19/h6-7H,2-5,8-11H2,1H3,(H,17,18). The minimum atomic E-state index is 0.626. The molecule has 4 heteroatoms. The number of nitrogens with one attached hydrogen (secondary N) is 1. The zero-order valence-electron chi connectivity index (χ0n) is 11.7. The third kappa shape index (κ3) is 4.22. The molecule has 0 atom stereocenters. The minimum Gasteiger partial charge on any atom is -0.368 e. The zero-order valence-corrected chi connectivity index (χ0v) is 11.7. The summed E-state index contributed by atoms with van der Waals surface area (Å²) in [7, 11) is 0. The van der Waals surface area contributed by atoms with Crippen LogP contribution < -0.4 is 5.32 Å². The molecule has 0 unspecified atom stereocenters. The van der Waals surface area contributed by atoms with Crippen LogP contribution in [0.15, 0.2) is 12.1 Å². The van der Waals surface area contributed by atoms with Crippen molar-refractivity contribution in [2.75, 3.05) is 31.5 Å². The monoisotopic (exact) mass is 258 g/mol. The van der Waals surface area contributed by atoms with Gasteiger partial charge in [0, 0.05) is 18.8 Å². The lowest BCUT2D eigenvalue weighted by Crippen LogP contribution is -2.30. The summed E-state index contributed by atoms with van der Waals surface area (Å²) in [5, 5.41) is 12.4. The van der Waals surface area contributed by atoms with E-state index in [0.717, 1.165) is 24.6 Å². The smallest absolute Gasteiger partial charge is 0.144 e. The van der Waals surface area contributed by atoms with E-state index < -0.39 is 0 Å². The van der Waals surface area contributed by atoms with Crippen molar-refractivity contribution >= 4 is 5.82 Å². The van der Waals surface area contributed by atoms with Crippen molar-refractivity contribution in [3.05, 3.63) is 23.4 Å². The van der Waals surface area contributed by atoms with Gasteiger partial charge in [0.2, 0.25) is 0 Å². The molecule has 1 N–H and O–H groups in total. The van der Waals surface area contributed by atoms with Gasteiger partial charge in [-0.1, -0.05) is 12.8 Å². The van der Waals surface area contributed by atoms with Gasteiger partial charge in [0.25, 0.3) is 0 Å². The van der Waals surface area contributed by atoms with Crippen molar-refractivity contribution in [1.29, 1.82) is 5.26 Å². The number of likely N-dealkylation sites (tertiary alicyclic amines) is 1. The first-order valence-electron chi connectivity index (χ1n) is 7.13. The van der Waals surface area contributed by atoms with E-state index in [1.165, 1.54) is 38.8 Å². The Morgan fingerprint density at radius 2 is 2.00 bits per heavy atom. The lowest BCUT2D eigenvalue weighted by Gasteiger charge is -2.20. The van der Waals surface area contributed by atoms with Crippen molar-refractivity contribution in [3.8, 4) is 6.07 Å². The minimum absolute atomic E-state index is 0.626. The highest BCUT2D eigenvalue weighted by molar-refractivity contribution is 5.52. The van der Waals surface area contributed by atoms with Crippen LogP contribution in [0.4, 0.5) is 5.82 Å². The van der Waals surface area contributed by atoms with Crippen LogP contribution in [0, 0.1) is 18.3 Å². The van der Waals surface area contributed by atoms with Gasteiger partial charge in [-0.25, -0.2) is 4.98 Å². The van der Waals surface area contributed by atoms with Crippen LogP contribution in [0.2, 0.25) is 0 Å². The van der Waals surface area contributed by atoms with E-state index >= 15 is 0 Å². The molecular formula is C15H22N4. The Morgan fingerprint density at radius 1 is 1.26 bits per heavy atom. The van der Waals surface area contributed by atoms with Gasteiger partial charge in [0.1, 0.15) is 11.9 Å². The molecule has 1 aromatic heterocycles. The molecule has 0 aromatic carbocycles. The molecule has 1 aliphatic rings. The molecular weight excluding hydrogens is 236 g/mol. The molecule has 102 valence electrons. The first-order chi connectivity index (χ1) is 9.29. The maximum absolute atomic E-state index is 9.05. The zero-order chi connectivity index (χ0) is 13.5. The molecule has 1 fully saturated rings. The fourth-order valence-corrected chi connectivity index (χ4v) is 2.47. The third-order valence-corrected chi connectivity index (χ3v) is 3.57. The van der Waals surface area contributed by atoms with Gasteiger partial charge in [-0.2, -0.15) is 5.26 Å².